The number of benzene rings is 1. The van der Waals surface area contributed by atoms with E-state index in [0.717, 1.165) is 5.56 Å². The van der Waals surface area contributed by atoms with Crippen molar-refractivity contribution in [2.24, 2.45) is 11.7 Å². The van der Waals surface area contributed by atoms with Crippen LogP contribution in [0.15, 0.2) is 36.7 Å². The Balaban J connectivity index is 1.67. The zero-order valence-electron chi connectivity index (χ0n) is 14.5. The van der Waals surface area contributed by atoms with Crippen molar-refractivity contribution < 1.29 is 14.4 Å². The number of hydrogen-bond acceptors (Lipinski definition) is 5. The highest BCUT2D eigenvalue weighted by molar-refractivity contribution is 6.04. The Bertz CT molecular complexity index is 840. The van der Waals surface area contributed by atoms with Crippen LogP contribution in [0.25, 0.3) is 0 Å². The first-order chi connectivity index (χ1) is 12.5. The van der Waals surface area contributed by atoms with Gasteiger partial charge in [-0.2, -0.15) is 0 Å². The van der Waals surface area contributed by atoms with Gasteiger partial charge >= 0.3 is 0 Å². The molecule has 2 amide bonds. The summed E-state index contributed by atoms with van der Waals surface area (Å²) >= 11 is 0. The van der Waals surface area contributed by atoms with Gasteiger partial charge in [-0.25, -0.2) is 9.97 Å². The maximum Gasteiger partial charge on any atom is 0.274 e. The van der Waals surface area contributed by atoms with Crippen molar-refractivity contribution in [1.29, 1.82) is 0 Å². The first-order valence-corrected chi connectivity index (χ1v) is 8.48. The first-order valence-electron chi connectivity index (χ1n) is 8.48. The Morgan fingerprint density at radius 2 is 1.58 bits per heavy atom. The predicted molar refractivity (Wildman–Crippen MR) is 94.7 cm³/mol. The number of piperidine rings is 1. The first kappa shape index (κ1) is 17.7. The molecule has 2 N–H and O–H groups in total. The van der Waals surface area contributed by atoms with Gasteiger partial charge in [0.15, 0.2) is 17.2 Å². The monoisotopic (exact) mass is 352 g/mol. The van der Waals surface area contributed by atoms with E-state index in [1.807, 2.05) is 31.2 Å². The van der Waals surface area contributed by atoms with Gasteiger partial charge in [-0.1, -0.05) is 29.8 Å². The number of nitrogens with two attached hydrogens (primary N) is 1. The molecule has 1 fully saturated rings. The highest BCUT2D eigenvalue weighted by Gasteiger charge is 2.30. The van der Waals surface area contributed by atoms with Crippen molar-refractivity contribution in [3.8, 4) is 0 Å². The molecular weight excluding hydrogens is 332 g/mol. The van der Waals surface area contributed by atoms with Gasteiger partial charge in [0.2, 0.25) is 0 Å². The van der Waals surface area contributed by atoms with Gasteiger partial charge in [0.05, 0.1) is 0 Å². The van der Waals surface area contributed by atoms with Crippen molar-refractivity contribution in [2.75, 3.05) is 13.1 Å². The minimum Gasteiger partial charge on any atom is -0.364 e. The fraction of sp³-hybridized carbons (Fsp3) is 0.316. The minimum atomic E-state index is -0.786. The van der Waals surface area contributed by atoms with Gasteiger partial charge in [0, 0.05) is 37.0 Å². The topological polar surface area (TPSA) is 106 Å². The lowest BCUT2D eigenvalue weighted by atomic mass is 9.88. The van der Waals surface area contributed by atoms with E-state index in [0.29, 0.717) is 31.5 Å². The molecule has 2 heterocycles. The minimum absolute atomic E-state index is 0.0386. The molecule has 7 nitrogen and oxygen atoms in total. The number of carbonyl (C=O) groups is 3. The van der Waals surface area contributed by atoms with Crippen LogP contribution in [0.5, 0.6) is 0 Å². The maximum absolute atomic E-state index is 12.6. The predicted octanol–water partition coefficient (Wildman–Crippen LogP) is 1.62. The Labute approximate surface area is 151 Å². The summed E-state index contributed by atoms with van der Waals surface area (Å²) in [6.07, 6.45) is 3.83. The number of ketones is 1. The van der Waals surface area contributed by atoms with E-state index >= 15 is 0 Å². The molecule has 1 aromatic carbocycles. The van der Waals surface area contributed by atoms with Crippen LogP contribution in [-0.2, 0) is 0 Å². The third-order valence-corrected chi connectivity index (χ3v) is 4.62. The van der Waals surface area contributed by atoms with Crippen LogP contribution in [0, 0.1) is 12.8 Å². The van der Waals surface area contributed by atoms with Gasteiger partial charge in [-0.15, -0.1) is 0 Å². The van der Waals surface area contributed by atoms with Crippen LogP contribution in [0.1, 0.15) is 49.7 Å². The molecule has 0 bridgehead atoms. The summed E-state index contributed by atoms with van der Waals surface area (Å²) in [5.74, 6) is -1.17. The summed E-state index contributed by atoms with van der Waals surface area (Å²) in [6.45, 7) is 2.83. The van der Waals surface area contributed by atoms with E-state index in [1.165, 1.54) is 12.4 Å². The lowest BCUT2D eigenvalue weighted by Crippen LogP contribution is -2.41. The zero-order chi connectivity index (χ0) is 18.7. The Hall–Kier alpha value is -3.09. The number of hydrogen-bond donors (Lipinski definition) is 1. The third kappa shape index (κ3) is 3.61. The van der Waals surface area contributed by atoms with E-state index in [1.54, 1.807) is 4.90 Å². The molecule has 134 valence electrons. The molecule has 1 saturated heterocycles. The second-order valence-electron chi connectivity index (χ2n) is 6.41. The smallest absolute Gasteiger partial charge is 0.274 e. The number of likely N-dealkylation sites (tertiary alicyclic amines) is 1. The highest BCUT2D eigenvalue weighted by Crippen LogP contribution is 2.23. The Kier molecular flexibility index (Phi) is 5.06. The number of aromatic nitrogens is 2. The summed E-state index contributed by atoms with van der Waals surface area (Å²) in [4.78, 5) is 46.1. The van der Waals surface area contributed by atoms with Crippen molar-refractivity contribution in [2.45, 2.75) is 19.8 Å². The normalized spacial score (nSPS) is 14.9. The molecule has 0 unspecified atom stereocenters. The van der Waals surface area contributed by atoms with Crippen molar-refractivity contribution >= 4 is 17.6 Å². The van der Waals surface area contributed by atoms with Gasteiger partial charge < -0.3 is 10.6 Å². The summed E-state index contributed by atoms with van der Waals surface area (Å²) in [6, 6.07) is 7.53. The fourth-order valence-electron chi connectivity index (χ4n) is 3.12. The molecular formula is C19H20N4O3. The summed E-state index contributed by atoms with van der Waals surface area (Å²) in [5, 5.41) is 0. The van der Waals surface area contributed by atoms with Gasteiger partial charge in [0.25, 0.3) is 11.8 Å². The number of carbonyl (C=O) groups excluding carboxylic acids is 3. The molecule has 0 radical (unpaired) electrons. The van der Waals surface area contributed by atoms with Crippen molar-refractivity contribution in [1.82, 2.24) is 14.9 Å². The number of Topliss-reactive ketones (excluding diaryl/α,β-unsaturated/α-hetero) is 1. The lowest BCUT2D eigenvalue weighted by molar-refractivity contribution is 0.0642. The Morgan fingerprint density at radius 3 is 2.15 bits per heavy atom. The van der Waals surface area contributed by atoms with Crippen LogP contribution >= 0.6 is 0 Å². The summed E-state index contributed by atoms with van der Waals surface area (Å²) in [7, 11) is 0. The fourth-order valence-corrected chi connectivity index (χ4v) is 3.12. The van der Waals surface area contributed by atoms with Crippen LogP contribution in [0.2, 0.25) is 0 Å². The molecule has 3 rings (SSSR count). The largest absolute Gasteiger partial charge is 0.364 e. The molecule has 1 aromatic heterocycles. The standard InChI is InChI=1S/C19H20N4O3/c1-12-2-4-13(5-3-12)17(24)14-6-10-23(11-7-14)19(26)16-15(18(20)25)21-8-9-22-16/h2-5,8-9,14H,6-7,10-11H2,1H3,(H2,20,25). The Morgan fingerprint density at radius 1 is 1.00 bits per heavy atom. The molecule has 1 aliphatic heterocycles. The molecule has 26 heavy (non-hydrogen) atoms. The number of primary amides is 1. The molecule has 0 saturated carbocycles. The number of aryl methyl sites for hydroxylation is 1. The van der Waals surface area contributed by atoms with Crippen LogP contribution < -0.4 is 5.73 Å². The number of amides is 2. The quantitative estimate of drug-likeness (QED) is 0.842. The number of rotatable bonds is 4. The van der Waals surface area contributed by atoms with E-state index in [4.69, 9.17) is 5.73 Å². The number of nitrogens with zero attached hydrogens (tertiary/aromatic N) is 3. The average molecular weight is 352 g/mol. The molecule has 7 heteroatoms. The van der Waals surface area contributed by atoms with Gasteiger partial charge in [-0.05, 0) is 19.8 Å². The summed E-state index contributed by atoms with van der Waals surface area (Å²) < 4.78 is 0. The van der Waals surface area contributed by atoms with Crippen LogP contribution in [0.3, 0.4) is 0 Å². The average Bonchev–Trinajstić information content (AvgIpc) is 2.67. The van der Waals surface area contributed by atoms with Crippen molar-refractivity contribution in [3.63, 3.8) is 0 Å². The van der Waals surface area contributed by atoms with Crippen molar-refractivity contribution in [3.05, 3.63) is 59.2 Å². The summed E-state index contributed by atoms with van der Waals surface area (Å²) in [5.41, 5.74) is 6.90. The van der Waals surface area contributed by atoms with Gasteiger partial charge in [0.1, 0.15) is 0 Å². The van der Waals surface area contributed by atoms with Crippen LogP contribution in [-0.4, -0.2) is 45.6 Å². The highest BCUT2D eigenvalue weighted by atomic mass is 16.2. The molecule has 2 aromatic rings. The second kappa shape index (κ2) is 7.43. The zero-order valence-corrected chi connectivity index (χ0v) is 14.5. The third-order valence-electron chi connectivity index (χ3n) is 4.62. The van der Waals surface area contributed by atoms with E-state index in [2.05, 4.69) is 9.97 Å². The van der Waals surface area contributed by atoms with E-state index < -0.39 is 5.91 Å². The second-order valence-corrected chi connectivity index (χ2v) is 6.41. The molecule has 0 atom stereocenters. The maximum atomic E-state index is 12.6. The molecule has 1 aliphatic rings. The van der Waals surface area contributed by atoms with E-state index in [9.17, 15) is 14.4 Å². The van der Waals surface area contributed by atoms with E-state index in [-0.39, 0.29) is 29.0 Å². The SMILES string of the molecule is Cc1ccc(C(=O)C2CCN(C(=O)c3nccnc3C(N)=O)CC2)cc1. The molecule has 0 aliphatic carbocycles. The van der Waals surface area contributed by atoms with Gasteiger partial charge in [-0.3, -0.25) is 14.4 Å². The molecule has 0 spiro atoms. The van der Waals surface area contributed by atoms with Crippen LogP contribution in [0.4, 0.5) is 0 Å². The lowest BCUT2D eigenvalue weighted by Gasteiger charge is -2.31.